The van der Waals surface area contributed by atoms with Crippen molar-refractivity contribution >= 4 is 39.6 Å². The van der Waals surface area contributed by atoms with Gasteiger partial charge in [0, 0.05) is 28.7 Å². The van der Waals surface area contributed by atoms with E-state index in [-0.39, 0.29) is 41.7 Å². The van der Waals surface area contributed by atoms with Crippen LogP contribution in [0.3, 0.4) is 0 Å². The van der Waals surface area contributed by atoms with E-state index in [4.69, 9.17) is 4.98 Å². The van der Waals surface area contributed by atoms with Gasteiger partial charge in [-0.2, -0.15) is 0 Å². The largest absolute Gasteiger partial charge is 0.396 e. The Morgan fingerprint density at radius 2 is 2.00 bits per heavy atom. The first-order valence-electron chi connectivity index (χ1n) is 12.7. The molecule has 3 aliphatic carbocycles. The van der Waals surface area contributed by atoms with Gasteiger partial charge in [-0.05, 0) is 54.9 Å². The molecule has 9 heteroatoms. The molecule has 0 radical (unpaired) electrons. The molecule has 5 unspecified atom stereocenters. The van der Waals surface area contributed by atoms with Gasteiger partial charge in [-0.15, -0.1) is 22.7 Å². The number of thiazole rings is 1. The number of aliphatic hydroxyl groups is 2. The van der Waals surface area contributed by atoms with E-state index >= 15 is 0 Å². The van der Waals surface area contributed by atoms with Crippen molar-refractivity contribution in [2.45, 2.75) is 83.3 Å². The Bertz CT molecular complexity index is 1080. The van der Waals surface area contributed by atoms with Gasteiger partial charge in [0.15, 0.2) is 5.13 Å². The lowest BCUT2D eigenvalue weighted by Gasteiger charge is -2.58. The van der Waals surface area contributed by atoms with Crippen molar-refractivity contribution in [2.75, 3.05) is 11.9 Å². The van der Waals surface area contributed by atoms with E-state index in [1.54, 1.807) is 6.07 Å². The van der Waals surface area contributed by atoms with Gasteiger partial charge in [0.2, 0.25) is 5.91 Å². The third-order valence-corrected chi connectivity index (χ3v) is 10.8. The van der Waals surface area contributed by atoms with Crippen molar-refractivity contribution < 1.29 is 19.8 Å². The number of nitrogens with zero attached hydrogens (tertiary/aromatic N) is 1. The first kappa shape index (κ1) is 24.9. The molecule has 5 atom stereocenters. The van der Waals surface area contributed by atoms with E-state index < -0.39 is 11.5 Å². The molecule has 190 valence electrons. The fraction of sp³-hybridized carbons (Fsp3) is 0.654. The summed E-state index contributed by atoms with van der Waals surface area (Å²) in [6.07, 6.45) is 6.15. The highest BCUT2D eigenvalue weighted by molar-refractivity contribution is 7.16. The maximum absolute atomic E-state index is 13.2. The number of nitrogens with one attached hydrogen (secondary N) is 2. The molecule has 0 spiro atoms. The topological polar surface area (TPSA) is 112 Å². The number of hydrogen-bond donors (Lipinski definition) is 4. The van der Waals surface area contributed by atoms with Crippen LogP contribution in [-0.4, -0.2) is 45.8 Å². The van der Waals surface area contributed by atoms with Gasteiger partial charge in [-0.25, -0.2) is 4.98 Å². The Labute approximate surface area is 214 Å². The molecule has 35 heavy (non-hydrogen) atoms. The van der Waals surface area contributed by atoms with Gasteiger partial charge < -0.3 is 15.5 Å². The van der Waals surface area contributed by atoms with E-state index in [9.17, 15) is 19.8 Å². The second-order valence-corrected chi connectivity index (χ2v) is 13.1. The molecule has 2 heterocycles. The third kappa shape index (κ3) is 4.45. The lowest BCUT2D eigenvalue weighted by atomic mass is 9.47. The van der Waals surface area contributed by atoms with Crippen LogP contribution in [0, 0.1) is 16.7 Å². The molecule has 0 bridgehead atoms. The fourth-order valence-corrected chi connectivity index (χ4v) is 8.49. The number of hydrogen-bond acceptors (Lipinski definition) is 7. The van der Waals surface area contributed by atoms with Crippen LogP contribution >= 0.6 is 22.7 Å². The van der Waals surface area contributed by atoms with Crippen LogP contribution in [0.1, 0.15) is 85.0 Å². The molecule has 5 rings (SSSR count). The van der Waals surface area contributed by atoms with Crippen LogP contribution in [0.2, 0.25) is 0 Å². The van der Waals surface area contributed by atoms with Gasteiger partial charge >= 0.3 is 0 Å². The van der Waals surface area contributed by atoms with Gasteiger partial charge in [-0.3, -0.25) is 14.9 Å². The Morgan fingerprint density at radius 1 is 1.23 bits per heavy atom. The summed E-state index contributed by atoms with van der Waals surface area (Å²) >= 11 is 2.84. The summed E-state index contributed by atoms with van der Waals surface area (Å²) in [5.74, 6) is -0.272. The monoisotopic (exact) mass is 517 g/mol. The maximum Gasteiger partial charge on any atom is 0.267 e. The highest BCUT2D eigenvalue weighted by atomic mass is 32.1. The normalized spacial score (nSPS) is 32.6. The summed E-state index contributed by atoms with van der Waals surface area (Å²) in [6.45, 7) is 4.07. The highest BCUT2D eigenvalue weighted by Crippen LogP contribution is 2.62. The molecule has 0 aliphatic heterocycles. The second-order valence-electron chi connectivity index (χ2n) is 11.0. The predicted molar refractivity (Wildman–Crippen MR) is 138 cm³/mol. The van der Waals surface area contributed by atoms with Crippen LogP contribution in [0.5, 0.6) is 0 Å². The van der Waals surface area contributed by atoms with Gasteiger partial charge in [0.05, 0.1) is 23.3 Å². The number of rotatable bonds is 6. The standard InChI is InChI=1S/C26H35N3O4S2/c1-25-10-9-20(31)26(2,14-30)19(25)13-18-22(16(25)12-21(32)27-15-6-3-4-7-15)28-24(35-18)29-23(33)17-8-5-11-34-17/h5,8,11,15-16,19-20,30-31H,3-4,6-7,9-10,12-14H2,1-2H3,(H,27,32)(H,28,29,33). The molecule has 7 nitrogen and oxygen atoms in total. The number of carbonyl (C=O) groups excluding carboxylic acids is 2. The van der Waals surface area contributed by atoms with Crippen LogP contribution in [-0.2, 0) is 11.2 Å². The molecular weight excluding hydrogens is 482 g/mol. The first-order valence-corrected chi connectivity index (χ1v) is 14.4. The molecule has 2 fully saturated rings. The Kier molecular flexibility index (Phi) is 6.80. The van der Waals surface area contributed by atoms with E-state index in [2.05, 4.69) is 17.6 Å². The molecular formula is C26H35N3O4S2. The summed E-state index contributed by atoms with van der Waals surface area (Å²) in [4.78, 5) is 32.5. The van der Waals surface area contributed by atoms with Crippen molar-refractivity contribution in [3.63, 3.8) is 0 Å². The van der Waals surface area contributed by atoms with E-state index in [1.807, 2.05) is 18.4 Å². The summed E-state index contributed by atoms with van der Waals surface area (Å²) in [5.41, 5.74) is -0.0526. The van der Waals surface area contributed by atoms with Crippen molar-refractivity contribution in [3.8, 4) is 0 Å². The predicted octanol–water partition coefficient (Wildman–Crippen LogP) is 4.32. The van der Waals surface area contributed by atoms with E-state index in [0.717, 1.165) is 42.7 Å². The smallest absolute Gasteiger partial charge is 0.267 e. The quantitative estimate of drug-likeness (QED) is 0.456. The lowest BCUT2D eigenvalue weighted by molar-refractivity contribution is -0.144. The molecule has 0 saturated heterocycles. The SMILES string of the molecule is CC1(CO)C(O)CCC2(C)C(CC(=O)NC3CCCC3)c3nc(NC(=O)c4cccs4)sc3CC12. The summed E-state index contributed by atoms with van der Waals surface area (Å²) in [7, 11) is 0. The zero-order chi connectivity index (χ0) is 24.8. The average molecular weight is 518 g/mol. The summed E-state index contributed by atoms with van der Waals surface area (Å²) in [6, 6.07) is 3.88. The number of thiophene rings is 1. The minimum Gasteiger partial charge on any atom is -0.396 e. The summed E-state index contributed by atoms with van der Waals surface area (Å²) in [5, 5.41) is 29.9. The van der Waals surface area contributed by atoms with Crippen molar-refractivity contribution in [3.05, 3.63) is 33.0 Å². The summed E-state index contributed by atoms with van der Waals surface area (Å²) < 4.78 is 0. The molecule has 2 aromatic rings. The average Bonchev–Trinajstić information content (AvgIpc) is 3.60. The van der Waals surface area contributed by atoms with Crippen molar-refractivity contribution in [1.29, 1.82) is 0 Å². The fourth-order valence-electron chi connectivity index (χ4n) is 6.81. The zero-order valence-corrected chi connectivity index (χ0v) is 22.0. The Balaban J connectivity index is 1.48. The van der Waals surface area contributed by atoms with Gasteiger partial charge in [0.25, 0.3) is 5.91 Å². The minimum atomic E-state index is -0.658. The first-order chi connectivity index (χ1) is 16.7. The lowest BCUT2D eigenvalue weighted by Crippen LogP contribution is -2.57. The minimum absolute atomic E-state index is 0.00169. The van der Waals surface area contributed by atoms with Gasteiger partial charge in [-0.1, -0.05) is 32.8 Å². The molecule has 3 aliphatic rings. The molecule has 2 saturated carbocycles. The number of fused-ring (bicyclic) bond motifs is 2. The zero-order valence-electron chi connectivity index (χ0n) is 20.4. The molecule has 2 amide bonds. The van der Waals surface area contributed by atoms with Gasteiger partial charge in [0.1, 0.15) is 0 Å². The maximum atomic E-state index is 13.2. The molecule has 2 aromatic heterocycles. The van der Waals surface area contributed by atoms with Crippen molar-refractivity contribution in [2.24, 2.45) is 16.7 Å². The van der Waals surface area contributed by atoms with Crippen LogP contribution in [0.15, 0.2) is 17.5 Å². The number of carbonyl (C=O) groups is 2. The Hall–Kier alpha value is -1.81. The number of aliphatic hydroxyl groups excluding tert-OH is 2. The molecule has 4 N–H and O–H groups in total. The third-order valence-electron chi connectivity index (χ3n) is 8.97. The number of amides is 2. The second kappa shape index (κ2) is 9.57. The van der Waals surface area contributed by atoms with E-state index in [1.165, 1.54) is 22.7 Å². The number of aromatic nitrogens is 1. The molecule has 0 aromatic carbocycles. The van der Waals surface area contributed by atoms with E-state index in [0.29, 0.717) is 29.3 Å². The van der Waals surface area contributed by atoms with Crippen LogP contribution < -0.4 is 10.6 Å². The van der Waals surface area contributed by atoms with Crippen LogP contribution in [0.4, 0.5) is 5.13 Å². The van der Waals surface area contributed by atoms with Crippen LogP contribution in [0.25, 0.3) is 0 Å². The Morgan fingerprint density at radius 3 is 2.69 bits per heavy atom. The van der Waals surface area contributed by atoms with Crippen molar-refractivity contribution in [1.82, 2.24) is 10.3 Å². The highest BCUT2D eigenvalue weighted by Gasteiger charge is 2.59. The number of anilines is 1.